The molecule has 1 fully saturated rings. The van der Waals surface area contributed by atoms with Gasteiger partial charge in [-0.2, -0.15) is 0 Å². The molecule has 0 aliphatic carbocycles. The first-order chi connectivity index (χ1) is 13.1. The Hall–Kier alpha value is -2.62. The predicted molar refractivity (Wildman–Crippen MR) is 108 cm³/mol. The number of amides is 2. The highest BCUT2D eigenvalue weighted by Gasteiger charge is 2.26. The summed E-state index contributed by atoms with van der Waals surface area (Å²) < 4.78 is 0. The Morgan fingerprint density at radius 3 is 2.63 bits per heavy atom. The van der Waals surface area contributed by atoms with Gasteiger partial charge in [-0.1, -0.05) is 42.8 Å². The summed E-state index contributed by atoms with van der Waals surface area (Å²) in [4.78, 5) is 27.5. The molecule has 0 aromatic heterocycles. The lowest BCUT2D eigenvalue weighted by Gasteiger charge is -2.35. The molecule has 2 amide bonds. The topological polar surface area (TPSA) is 49.4 Å². The van der Waals surface area contributed by atoms with Gasteiger partial charge in [-0.05, 0) is 56.4 Å². The van der Waals surface area contributed by atoms with Crippen molar-refractivity contribution in [2.24, 2.45) is 0 Å². The Labute approximate surface area is 161 Å². The van der Waals surface area contributed by atoms with E-state index in [9.17, 15) is 9.59 Å². The summed E-state index contributed by atoms with van der Waals surface area (Å²) in [6.45, 7) is 5.44. The molecule has 1 saturated heterocycles. The van der Waals surface area contributed by atoms with Crippen LogP contribution in [-0.2, 0) is 6.54 Å². The van der Waals surface area contributed by atoms with Gasteiger partial charge in [-0.3, -0.25) is 9.59 Å². The normalized spacial score (nSPS) is 16.8. The van der Waals surface area contributed by atoms with E-state index >= 15 is 0 Å². The number of hydrogen-bond acceptors (Lipinski definition) is 2. The Kier molecular flexibility index (Phi) is 6.28. The van der Waals surface area contributed by atoms with Gasteiger partial charge in [0.05, 0.1) is 0 Å². The van der Waals surface area contributed by atoms with Crippen molar-refractivity contribution in [2.45, 2.75) is 52.1 Å². The standard InChI is InChI=1S/C23H28N2O2/c1-3-21-12-4-5-13-25(21)23(27)20-11-7-10-19(15-20)22(26)24-16-18-9-6-8-17(2)14-18/h6-11,14-15,21H,3-5,12-13,16H2,1-2H3,(H,24,26). The molecule has 1 N–H and O–H groups in total. The molecule has 1 aliphatic heterocycles. The van der Waals surface area contributed by atoms with E-state index in [0.717, 1.165) is 31.4 Å². The SMILES string of the molecule is CCC1CCCCN1C(=O)c1cccc(C(=O)NCc2cccc(C)c2)c1. The van der Waals surface area contributed by atoms with Crippen molar-refractivity contribution in [3.05, 3.63) is 70.8 Å². The first-order valence-corrected chi connectivity index (χ1v) is 9.83. The van der Waals surface area contributed by atoms with Crippen LogP contribution in [0.15, 0.2) is 48.5 Å². The van der Waals surface area contributed by atoms with Gasteiger partial charge < -0.3 is 10.2 Å². The molecule has 0 bridgehead atoms. The van der Waals surface area contributed by atoms with E-state index in [-0.39, 0.29) is 11.8 Å². The number of nitrogens with zero attached hydrogens (tertiary/aromatic N) is 1. The zero-order valence-corrected chi connectivity index (χ0v) is 16.2. The summed E-state index contributed by atoms with van der Waals surface area (Å²) in [5.41, 5.74) is 3.35. The van der Waals surface area contributed by atoms with Crippen molar-refractivity contribution < 1.29 is 9.59 Å². The third kappa shape index (κ3) is 4.76. The number of carbonyl (C=O) groups is 2. The Morgan fingerprint density at radius 1 is 1.07 bits per heavy atom. The first-order valence-electron chi connectivity index (χ1n) is 9.83. The Bertz CT molecular complexity index is 816. The lowest BCUT2D eigenvalue weighted by Crippen LogP contribution is -2.43. The maximum atomic E-state index is 13.0. The zero-order valence-electron chi connectivity index (χ0n) is 16.2. The van der Waals surface area contributed by atoms with E-state index in [0.29, 0.717) is 23.7 Å². The van der Waals surface area contributed by atoms with Gasteiger partial charge in [-0.15, -0.1) is 0 Å². The molecule has 0 spiro atoms. The fourth-order valence-corrected chi connectivity index (χ4v) is 3.76. The lowest BCUT2D eigenvalue weighted by molar-refractivity contribution is 0.0608. The molecule has 1 aliphatic rings. The third-order valence-electron chi connectivity index (χ3n) is 5.27. The molecule has 3 rings (SSSR count). The molecule has 142 valence electrons. The number of hydrogen-bond donors (Lipinski definition) is 1. The fraction of sp³-hybridized carbons (Fsp3) is 0.391. The minimum Gasteiger partial charge on any atom is -0.348 e. The molecular weight excluding hydrogens is 336 g/mol. The minimum atomic E-state index is -0.156. The average Bonchev–Trinajstić information content (AvgIpc) is 2.71. The van der Waals surface area contributed by atoms with Crippen molar-refractivity contribution in [2.75, 3.05) is 6.54 Å². The molecule has 4 nitrogen and oxygen atoms in total. The average molecular weight is 364 g/mol. The van der Waals surface area contributed by atoms with E-state index in [1.807, 2.05) is 30.0 Å². The third-order valence-corrected chi connectivity index (χ3v) is 5.27. The van der Waals surface area contributed by atoms with Crippen LogP contribution < -0.4 is 5.32 Å². The second-order valence-corrected chi connectivity index (χ2v) is 7.31. The van der Waals surface area contributed by atoms with E-state index in [1.165, 1.54) is 12.0 Å². The zero-order chi connectivity index (χ0) is 19.2. The lowest BCUT2D eigenvalue weighted by atomic mass is 9.98. The number of likely N-dealkylation sites (tertiary alicyclic amines) is 1. The van der Waals surface area contributed by atoms with Crippen LogP contribution in [0.3, 0.4) is 0 Å². The maximum Gasteiger partial charge on any atom is 0.254 e. The molecule has 2 aromatic carbocycles. The predicted octanol–water partition coefficient (Wildman–Crippen LogP) is 4.33. The molecule has 4 heteroatoms. The van der Waals surface area contributed by atoms with E-state index < -0.39 is 0 Å². The van der Waals surface area contributed by atoms with Crippen LogP contribution in [0.4, 0.5) is 0 Å². The molecule has 1 atom stereocenters. The van der Waals surface area contributed by atoms with E-state index in [2.05, 4.69) is 18.3 Å². The van der Waals surface area contributed by atoms with Crippen LogP contribution >= 0.6 is 0 Å². The Morgan fingerprint density at radius 2 is 1.85 bits per heavy atom. The molecule has 0 radical (unpaired) electrons. The summed E-state index contributed by atoms with van der Waals surface area (Å²) in [6.07, 6.45) is 4.28. The highest BCUT2D eigenvalue weighted by Crippen LogP contribution is 2.22. The van der Waals surface area contributed by atoms with Crippen LogP contribution in [0.1, 0.15) is 64.4 Å². The van der Waals surface area contributed by atoms with Crippen LogP contribution in [0.5, 0.6) is 0 Å². The smallest absolute Gasteiger partial charge is 0.254 e. The molecule has 0 saturated carbocycles. The van der Waals surface area contributed by atoms with Gasteiger partial charge in [0.15, 0.2) is 0 Å². The van der Waals surface area contributed by atoms with Crippen LogP contribution in [0.2, 0.25) is 0 Å². The number of nitrogens with one attached hydrogen (secondary N) is 1. The fourth-order valence-electron chi connectivity index (χ4n) is 3.76. The van der Waals surface area contributed by atoms with Gasteiger partial charge in [-0.25, -0.2) is 0 Å². The number of aryl methyl sites for hydroxylation is 1. The van der Waals surface area contributed by atoms with Crippen LogP contribution in [0, 0.1) is 6.92 Å². The summed E-state index contributed by atoms with van der Waals surface area (Å²) in [7, 11) is 0. The van der Waals surface area contributed by atoms with Crippen molar-refractivity contribution in [3.8, 4) is 0 Å². The number of benzene rings is 2. The van der Waals surface area contributed by atoms with Gasteiger partial charge in [0, 0.05) is 30.3 Å². The van der Waals surface area contributed by atoms with E-state index in [4.69, 9.17) is 0 Å². The molecule has 27 heavy (non-hydrogen) atoms. The Balaban J connectivity index is 1.69. The monoisotopic (exact) mass is 364 g/mol. The van der Waals surface area contributed by atoms with Crippen molar-refractivity contribution in [3.63, 3.8) is 0 Å². The van der Waals surface area contributed by atoms with Crippen LogP contribution in [0.25, 0.3) is 0 Å². The van der Waals surface area contributed by atoms with Gasteiger partial charge in [0.2, 0.25) is 0 Å². The number of piperidine rings is 1. The largest absolute Gasteiger partial charge is 0.348 e. The molecule has 1 heterocycles. The molecule has 2 aromatic rings. The highest BCUT2D eigenvalue weighted by molar-refractivity contribution is 5.99. The molecule has 1 unspecified atom stereocenters. The summed E-state index contributed by atoms with van der Waals surface area (Å²) in [5, 5.41) is 2.94. The quantitative estimate of drug-likeness (QED) is 0.858. The van der Waals surface area contributed by atoms with Gasteiger partial charge in [0.25, 0.3) is 11.8 Å². The van der Waals surface area contributed by atoms with Crippen molar-refractivity contribution in [1.82, 2.24) is 10.2 Å². The molecular formula is C23H28N2O2. The van der Waals surface area contributed by atoms with Gasteiger partial charge >= 0.3 is 0 Å². The maximum absolute atomic E-state index is 13.0. The van der Waals surface area contributed by atoms with Crippen LogP contribution in [-0.4, -0.2) is 29.3 Å². The minimum absolute atomic E-state index is 0.0369. The van der Waals surface area contributed by atoms with Crippen molar-refractivity contribution >= 4 is 11.8 Å². The number of carbonyl (C=O) groups excluding carboxylic acids is 2. The first kappa shape index (κ1) is 19.2. The highest BCUT2D eigenvalue weighted by atomic mass is 16.2. The second-order valence-electron chi connectivity index (χ2n) is 7.31. The summed E-state index contributed by atoms with van der Waals surface area (Å²) >= 11 is 0. The van der Waals surface area contributed by atoms with Gasteiger partial charge in [0.1, 0.15) is 0 Å². The second kappa shape index (κ2) is 8.85. The van der Waals surface area contributed by atoms with E-state index in [1.54, 1.807) is 24.3 Å². The summed E-state index contributed by atoms with van der Waals surface area (Å²) in [5.74, 6) is -0.119. The number of rotatable bonds is 5. The summed E-state index contributed by atoms with van der Waals surface area (Å²) in [6, 6.07) is 15.5. The van der Waals surface area contributed by atoms with Crippen molar-refractivity contribution in [1.29, 1.82) is 0 Å².